The third-order valence-corrected chi connectivity index (χ3v) is 4.08. The lowest BCUT2D eigenvalue weighted by molar-refractivity contribution is 0.589. The van der Waals surface area contributed by atoms with Gasteiger partial charge >= 0.3 is 0 Å². The standard InChI is InChI=1S/C15H18BrN5O.C2H6/c1-20-10-11(16)8-13(15(20)22)19-14-3-2-12(9-18-14)21-6-4-17-5-7-21;1-2/h2-3,8-10,17H,4-7H2,1H3,(H,18,19);1-2H3. The largest absolute Gasteiger partial charge is 0.368 e. The molecule has 3 heterocycles. The Morgan fingerprint density at radius 3 is 2.58 bits per heavy atom. The lowest BCUT2D eigenvalue weighted by Gasteiger charge is -2.29. The van der Waals surface area contributed by atoms with Gasteiger partial charge in [0.15, 0.2) is 0 Å². The van der Waals surface area contributed by atoms with Gasteiger partial charge in [0, 0.05) is 43.9 Å². The van der Waals surface area contributed by atoms with E-state index in [1.165, 1.54) is 4.57 Å². The maximum absolute atomic E-state index is 12.1. The molecule has 0 unspecified atom stereocenters. The van der Waals surface area contributed by atoms with E-state index < -0.39 is 0 Å². The van der Waals surface area contributed by atoms with Crippen molar-refractivity contribution in [3.8, 4) is 0 Å². The van der Waals surface area contributed by atoms with Crippen LogP contribution in [0, 0.1) is 0 Å². The van der Waals surface area contributed by atoms with Crippen molar-refractivity contribution in [1.82, 2.24) is 14.9 Å². The molecule has 0 atom stereocenters. The fourth-order valence-electron chi connectivity index (χ4n) is 2.47. The van der Waals surface area contributed by atoms with Crippen LogP contribution in [-0.2, 0) is 7.05 Å². The highest BCUT2D eigenvalue weighted by Gasteiger charge is 2.11. The number of aryl methyl sites for hydroxylation is 1. The summed E-state index contributed by atoms with van der Waals surface area (Å²) in [4.78, 5) is 18.8. The molecule has 1 saturated heterocycles. The molecular formula is C17H24BrN5O. The zero-order chi connectivity index (χ0) is 17.5. The second-order valence-corrected chi connectivity index (χ2v) is 6.17. The van der Waals surface area contributed by atoms with Crippen LogP contribution in [0.3, 0.4) is 0 Å². The first-order valence-electron chi connectivity index (χ1n) is 8.18. The topological polar surface area (TPSA) is 62.2 Å². The van der Waals surface area contributed by atoms with Crippen LogP contribution in [0.2, 0.25) is 0 Å². The van der Waals surface area contributed by atoms with Crippen LogP contribution in [-0.4, -0.2) is 35.7 Å². The number of piperazine rings is 1. The van der Waals surface area contributed by atoms with Gasteiger partial charge in [-0.1, -0.05) is 13.8 Å². The number of pyridine rings is 2. The summed E-state index contributed by atoms with van der Waals surface area (Å²) in [6, 6.07) is 5.69. The van der Waals surface area contributed by atoms with Gasteiger partial charge < -0.3 is 20.1 Å². The molecule has 7 heteroatoms. The van der Waals surface area contributed by atoms with Gasteiger partial charge in [-0.15, -0.1) is 0 Å². The third kappa shape index (κ3) is 4.58. The Morgan fingerprint density at radius 2 is 1.96 bits per heavy atom. The van der Waals surface area contributed by atoms with Crippen molar-refractivity contribution in [1.29, 1.82) is 0 Å². The molecule has 1 fully saturated rings. The van der Waals surface area contributed by atoms with E-state index in [0.29, 0.717) is 11.5 Å². The second-order valence-electron chi connectivity index (χ2n) is 5.25. The first-order chi connectivity index (χ1) is 11.6. The molecule has 6 nitrogen and oxygen atoms in total. The lowest BCUT2D eigenvalue weighted by Crippen LogP contribution is -2.43. The van der Waals surface area contributed by atoms with Gasteiger partial charge in [0.1, 0.15) is 11.5 Å². The van der Waals surface area contributed by atoms with E-state index in [1.54, 1.807) is 19.3 Å². The predicted octanol–water partition coefficient (Wildman–Crippen LogP) is 2.72. The minimum atomic E-state index is -0.0869. The summed E-state index contributed by atoms with van der Waals surface area (Å²) in [5, 5.41) is 6.41. The Labute approximate surface area is 151 Å². The Kier molecular flexibility index (Phi) is 6.81. The van der Waals surface area contributed by atoms with Gasteiger partial charge in [0.2, 0.25) is 0 Å². The van der Waals surface area contributed by atoms with Crippen molar-refractivity contribution < 1.29 is 0 Å². The van der Waals surface area contributed by atoms with E-state index in [1.807, 2.05) is 32.2 Å². The number of nitrogens with zero attached hydrogens (tertiary/aromatic N) is 3. The molecule has 1 aliphatic heterocycles. The Hall–Kier alpha value is -1.86. The number of halogens is 1. The van der Waals surface area contributed by atoms with Gasteiger partial charge in [0.05, 0.1) is 11.9 Å². The van der Waals surface area contributed by atoms with Crippen molar-refractivity contribution in [2.24, 2.45) is 7.05 Å². The number of hydrogen-bond donors (Lipinski definition) is 2. The monoisotopic (exact) mass is 393 g/mol. The van der Waals surface area contributed by atoms with Crippen LogP contribution < -0.4 is 21.1 Å². The summed E-state index contributed by atoms with van der Waals surface area (Å²) >= 11 is 3.39. The highest BCUT2D eigenvalue weighted by molar-refractivity contribution is 9.10. The molecule has 2 aromatic heterocycles. The van der Waals surface area contributed by atoms with E-state index in [2.05, 4.69) is 36.4 Å². The summed E-state index contributed by atoms with van der Waals surface area (Å²) in [6.07, 6.45) is 3.57. The van der Waals surface area contributed by atoms with Crippen LogP contribution >= 0.6 is 15.9 Å². The van der Waals surface area contributed by atoms with Gasteiger partial charge in [-0.3, -0.25) is 4.79 Å². The van der Waals surface area contributed by atoms with Crippen molar-refractivity contribution in [3.63, 3.8) is 0 Å². The minimum Gasteiger partial charge on any atom is -0.368 e. The molecule has 1 aliphatic rings. The van der Waals surface area contributed by atoms with Crippen LogP contribution in [0.15, 0.2) is 39.9 Å². The summed E-state index contributed by atoms with van der Waals surface area (Å²) in [5.41, 5.74) is 1.52. The van der Waals surface area contributed by atoms with E-state index in [0.717, 1.165) is 36.3 Å². The highest BCUT2D eigenvalue weighted by atomic mass is 79.9. The molecule has 0 spiro atoms. The average molecular weight is 394 g/mol. The molecule has 130 valence electrons. The zero-order valence-electron chi connectivity index (χ0n) is 14.3. The Morgan fingerprint density at radius 1 is 1.25 bits per heavy atom. The SMILES string of the molecule is CC.Cn1cc(Br)cc(Nc2ccc(N3CCNCC3)cn2)c1=O. The molecular weight excluding hydrogens is 370 g/mol. The van der Waals surface area contributed by atoms with Crippen LogP contribution in [0.1, 0.15) is 13.8 Å². The molecule has 0 bridgehead atoms. The summed E-state index contributed by atoms with van der Waals surface area (Å²) in [6.45, 7) is 7.96. The first-order valence-corrected chi connectivity index (χ1v) is 8.98. The fourth-order valence-corrected chi connectivity index (χ4v) is 3.00. The van der Waals surface area contributed by atoms with Crippen LogP contribution in [0.5, 0.6) is 0 Å². The average Bonchev–Trinajstić information content (AvgIpc) is 2.62. The smallest absolute Gasteiger partial charge is 0.274 e. The van der Waals surface area contributed by atoms with Crippen molar-refractivity contribution in [2.75, 3.05) is 36.4 Å². The lowest BCUT2D eigenvalue weighted by atomic mass is 10.3. The summed E-state index contributed by atoms with van der Waals surface area (Å²) in [7, 11) is 1.72. The minimum absolute atomic E-state index is 0.0869. The Balaban J connectivity index is 0.00000100. The molecule has 0 aromatic carbocycles. The van der Waals surface area contributed by atoms with E-state index in [-0.39, 0.29) is 5.56 Å². The van der Waals surface area contributed by atoms with Crippen molar-refractivity contribution >= 4 is 33.1 Å². The van der Waals surface area contributed by atoms with Crippen LogP contribution in [0.25, 0.3) is 0 Å². The van der Waals surface area contributed by atoms with Gasteiger partial charge in [-0.05, 0) is 34.1 Å². The normalized spacial score (nSPS) is 13.9. The van der Waals surface area contributed by atoms with E-state index >= 15 is 0 Å². The van der Waals surface area contributed by atoms with Gasteiger partial charge in [-0.25, -0.2) is 4.98 Å². The molecule has 2 N–H and O–H groups in total. The maximum atomic E-state index is 12.1. The summed E-state index contributed by atoms with van der Waals surface area (Å²) < 4.78 is 2.37. The fraction of sp³-hybridized carbons (Fsp3) is 0.412. The van der Waals surface area contributed by atoms with Crippen molar-refractivity contribution in [2.45, 2.75) is 13.8 Å². The first kappa shape index (κ1) is 18.5. The third-order valence-electron chi connectivity index (χ3n) is 3.64. The predicted molar refractivity (Wildman–Crippen MR) is 103 cm³/mol. The summed E-state index contributed by atoms with van der Waals surface area (Å²) in [5.74, 6) is 0.661. The maximum Gasteiger partial charge on any atom is 0.274 e. The quantitative estimate of drug-likeness (QED) is 0.839. The number of rotatable bonds is 3. The molecule has 0 saturated carbocycles. The molecule has 0 radical (unpaired) electrons. The van der Waals surface area contributed by atoms with E-state index in [4.69, 9.17) is 0 Å². The van der Waals surface area contributed by atoms with Gasteiger partial charge in [-0.2, -0.15) is 0 Å². The van der Waals surface area contributed by atoms with Gasteiger partial charge in [0.25, 0.3) is 5.56 Å². The van der Waals surface area contributed by atoms with E-state index in [9.17, 15) is 4.79 Å². The number of hydrogen-bond acceptors (Lipinski definition) is 5. The number of nitrogens with one attached hydrogen (secondary N) is 2. The highest BCUT2D eigenvalue weighted by Crippen LogP contribution is 2.19. The molecule has 0 amide bonds. The second kappa shape index (κ2) is 8.84. The molecule has 2 aromatic rings. The number of anilines is 3. The Bertz CT molecular complexity index is 708. The molecule has 0 aliphatic carbocycles. The number of aromatic nitrogens is 2. The van der Waals surface area contributed by atoms with Crippen LogP contribution in [0.4, 0.5) is 17.2 Å². The zero-order valence-corrected chi connectivity index (χ0v) is 15.9. The molecule has 24 heavy (non-hydrogen) atoms. The molecule has 3 rings (SSSR count). The van der Waals surface area contributed by atoms with Crippen molar-refractivity contribution in [3.05, 3.63) is 45.4 Å².